The second-order valence-electron chi connectivity index (χ2n) is 6.12. The largest absolute Gasteiger partial charge is 0.451 e. The van der Waals surface area contributed by atoms with Crippen LogP contribution in [-0.2, 0) is 14.6 Å². The molecule has 2 rings (SSSR count). The van der Waals surface area contributed by atoms with E-state index in [9.17, 15) is 18.0 Å². The van der Waals surface area contributed by atoms with E-state index < -0.39 is 21.9 Å². The summed E-state index contributed by atoms with van der Waals surface area (Å²) in [5.41, 5.74) is 2.34. The summed E-state index contributed by atoms with van der Waals surface area (Å²) < 4.78 is 28.5. The van der Waals surface area contributed by atoms with Gasteiger partial charge >= 0.3 is 5.97 Å². The van der Waals surface area contributed by atoms with Crippen molar-refractivity contribution in [1.82, 2.24) is 0 Å². The Morgan fingerprint density at radius 1 is 1.04 bits per heavy atom. The number of sulfone groups is 1. The molecule has 0 fully saturated rings. The predicted octanol–water partition coefficient (Wildman–Crippen LogP) is 3.79. The summed E-state index contributed by atoms with van der Waals surface area (Å²) in [6.45, 7) is 5.28. The number of halogens is 1. The van der Waals surface area contributed by atoms with Gasteiger partial charge in [0, 0.05) is 11.8 Å². The molecule has 26 heavy (non-hydrogen) atoms. The van der Waals surface area contributed by atoms with Crippen molar-refractivity contribution in [1.29, 1.82) is 0 Å². The number of ketones is 1. The molecule has 1 atom stereocenters. The van der Waals surface area contributed by atoms with E-state index in [0.717, 1.165) is 23.4 Å². The van der Waals surface area contributed by atoms with Crippen molar-refractivity contribution in [2.75, 3.05) is 6.26 Å². The second-order valence-corrected chi connectivity index (χ2v) is 8.55. The zero-order valence-electron chi connectivity index (χ0n) is 14.9. The molecule has 0 saturated heterocycles. The van der Waals surface area contributed by atoms with Gasteiger partial charge in [-0.2, -0.15) is 0 Å². The molecule has 7 heteroatoms. The Balaban J connectivity index is 2.23. The first-order valence-electron chi connectivity index (χ1n) is 7.82. The van der Waals surface area contributed by atoms with Crippen LogP contribution in [0.4, 0.5) is 0 Å². The third-order valence-electron chi connectivity index (χ3n) is 4.03. The van der Waals surface area contributed by atoms with Crippen molar-refractivity contribution in [2.24, 2.45) is 0 Å². The molecule has 0 saturated carbocycles. The maximum atomic E-state index is 12.5. The summed E-state index contributed by atoms with van der Waals surface area (Å²) >= 11 is 5.98. The van der Waals surface area contributed by atoms with Gasteiger partial charge in [0.1, 0.15) is 0 Å². The van der Waals surface area contributed by atoms with E-state index in [4.69, 9.17) is 16.3 Å². The van der Waals surface area contributed by atoms with Gasteiger partial charge in [-0.1, -0.05) is 23.7 Å². The minimum absolute atomic E-state index is 0.0493. The first-order chi connectivity index (χ1) is 12.0. The van der Waals surface area contributed by atoms with Crippen LogP contribution in [0.25, 0.3) is 0 Å². The summed E-state index contributed by atoms with van der Waals surface area (Å²) in [6.07, 6.45) is -0.0143. The molecule has 0 aromatic heterocycles. The fraction of sp³-hybridized carbons (Fsp3) is 0.263. The highest BCUT2D eigenvalue weighted by molar-refractivity contribution is 7.90. The van der Waals surface area contributed by atoms with Gasteiger partial charge in [-0.05, 0) is 56.2 Å². The molecule has 0 bridgehead atoms. The maximum absolute atomic E-state index is 12.5. The van der Waals surface area contributed by atoms with E-state index in [1.54, 1.807) is 12.1 Å². The fourth-order valence-electron chi connectivity index (χ4n) is 2.30. The van der Waals surface area contributed by atoms with Gasteiger partial charge in [0.05, 0.1) is 15.5 Å². The fourth-order valence-corrected chi connectivity index (χ4v) is 3.14. The predicted molar refractivity (Wildman–Crippen MR) is 99.7 cm³/mol. The number of carbonyl (C=O) groups is 2. The monoisotopic (exact) mass is 394 g/mol. The molecule has 0 aliphatic carbocycles. The van der Waals surface area contributed by atoms with E-state index in [1.807, 2.05) is 19.9 Å². The number of esters is 1. The van der Waals surface area contributed by atoms with Gasteiger partial charge in [0.2, 0.25) is 5.78 Å². The Bertz CT molecular complexity index is 979. The molecule has 0 heterocycles. The van der Waals surface area contributed by atoms with Gasteiger partial charge in [-0.25, -0.2) is 13.2 Å². The van der Waals surface area contributed by atoms with Crippen molar-refractivity contribution < 1.29 is 22.7 Å². The normalized spacial score (nSPS) is 12.5. The summed E-state index contributed by atoms with van der Waals surface area (Å²) in [5, 5.41) is 0.0493. The van der Waals surface area contributed by atoms with Crippen molar-refractivity contribution in [3.63, 3.8) is 0 Å². The number of benzene rings is 2. The average molecular weight is 395 g/mol. The van der Waals surface area contributed by atoms with Crippen LogP contribution in [0, 0.1) is 13.8 Å². The molecule has 0 spiro atoms. The molecule has 0 radical (unpaired) electrons. The highest BCUT2D eigenvalue weighted by Gasteiger charge is 2.23. The average Bonchev–Trinajstić information content (AvgIpc) is 2.55. The standard InChI is InChI=1S/C19H19ClO5S/c1-11-5-6-14(9-12(11)2)18(21)13(3)25-19(22)16-10-15(26(4,23)24)7-8-17(16)20/h5-10,13H,1-4H3/t13-/m1/s1. The summed E-state index contributed by atoms with van der Waals surface area (Å²) in [5.74, 6) is -1.21. The van der Waals surface area contributed by atoms with Crippen molar-refractivity contribution in [3.8, 4) is 0 Å². The Morgan fingerprint density at radius 2 is 1.69 bits per heavy atom. The number of ether oxygens (including phenoxy) is 1. The minimum atomic E-state index is -3.51. The third kappa shape index (κ3) is 4.51. The molecule has 0 unspecified atom stereocenters. The molecule has 2 aromatic rings. The molecule has 5 nitrogen and oxygen atoms in total. The number of hydrogen-bond acceptors (Lipinski definition) is 5. The molecule has 0 N–H and O–H groups in total. The number of rotatable bonds is 5. The highest BCUT2D eigenvalue weighted by atomic mass is 35.5. The zero-order chi connectivity index (χ0) is 19.6. The lowest BCUT2D eigenvalue weighted by molar-refractivity contribution is 0.0318. The van der Waals surface area contributed by atoms with E-state index in [1.165, 1.54) is 19.1 Å². The molecule has 0 aliphatic heterocycles. The third-order valence-corrected chi connectivity index (χ3v) is 5.47. The smallest absolute Gasteiger partial charge is 0.340 e. The molecular weight excluding hydrogens is 376 g/mol. The van der Waals surface area contributed by atoms with E-state index in [2.05, 4.69) is 0 Å². The van der Waals surface area contributed by atoms with Crippen LogP contribution < -0.4 is 0 Å². The van der Waals surface area contributed by atoms with E-state index in [-0.39, 0.29) is 21.3 Å². The van der Waals surface area contributed by atoms with E-state index >= 15 is 0 Å². The van der Waals surface area contributed by atoms with Gasteiger partial charge in [-0.15, -0.1) is 0 Å². The number of carbonyl (C=O) groups excluding carboxylic acids is 2. The first-order valence-corrected chi connectivity index (χ1v) is 10.1. The van der Waals surface area contributed by atoms with E-state index in [0.29, 0.717) is 5.56 Å². The Hall–Kier alpha value is -2.18. The van der Waals surface area contributed by atoms with Crippen LogP contribution >= 0.6 is 11.6 Å². The second kappa shape index (κ2) is 7.60. The summed E-state index contributed by atoms with van der Waals surface area (Å²) in [7, 11) is -3.51. The first kappa shape index (κ1) is 20.1. The Labute approximate surface area is 157 Å². The van der Waals surface area contributed by atoms with Crippen molar-refractivity contribution in [3.05, 3.63) is 63.7 Å². The number of Topliss-reactive ketones (excluding diaryl/α,β-unsaturated/α-hetero) is 1. The quantitative estimate of drug-likeness (QED) is 0.569. The SMILES string of the molecule is Cc1ccc(C(=O)[C@@H](C)OC(=O)c2cc(S(C)(=O)=O)ccc2Cl)cc1C. The van der Waals surface area contributed by atoms with Crippen LogP contribution in [-0.4, -0.2) is 32.5 Å². The maximum Gasteiger partial charge on any atom is 0.340 e. The van der Waals surface area contributed by atoms with Crippen LogP contribution in [0.15, 0.2) is 41.3 Å². The number of hydrogen-bond donors (Lipinski definition) is 0. The Morgan fingerprint density at radius 3 is 2.27 bits per heavy atom. The lowest BCUT2D eigenvalue weighted by Gasteiger charge is -2.14. The van der Waals surface area contributed by atoms with Crippen molar-refractivity contribution >= 4 is 33.2 Å². The van der Waals surface area contributed by atoms with Crippen molar-refractivity contribution in [2.45, 2.75) is 31.8 Å². The molecule has 2 aromatic carbocycles. The minimum Gasteiger partial charge on any atom is -0.451 e. The molecular formula is C19H19ClO5S. The molecule has 0 amide bonds. The highest BCUT2D eigenvalue weighted by Crippen LogP contribution is 2.22. The van der Waals surface area contributed by atoms with Gasteiger partial charge in [-0.3, -0.25) is 4.79 Å². The van der Waals surface area contributed by atoms with Gasteiger partial charge in [0.25, 0.3) is 0 Å². The van der Waals surface area contributed by atoms with Crippen LogP contribution in [0.5, 0.6) is 0 Å². The van der Waals surface area contributed by atoms with Crippen LogP contribution in [0.3, 0.4) is 0 Å². The number of aryl methyl sites for hydroxylation is 2. The summed E-state index contributed by atoms with van der Waals surface area (Å²) in [6, 6.07) is 8.99. The lowest BCUT2D eigenvalue weighted by Crippen LogP contribution is -2.24. The lowest BCUT2D eigenvalue weighted by atomic mass is 10.0. The summed E-state index contributed by atoms with van der Waals surface area (Å²) in [4.78, 5) is 24.8. The van der Waals surface area contributed by atoms with Gasteiger partial charge < -0.3 is 4.74 Å². The van der Waals surface area contributed by atoms with Crippen LogP contribution in [0.1, 0.15) is 38.8 Å². The molecule has 138 valence electrons. The van der Waals surface area contributed by atoms with Gasteiger partial charge in [0.15, 0.2) is 15.9 Å². The molecule has 0 aliphatic rings. The van der Waals surface area contributed by atoms with Crippen LogP contribution in [0.2, 0.25) is 5.02 Å². The Kier molecular flexibility index (Phi) is 5.88. The topological polar surface area (TPSA) is 77.5 Å². The zero-order valence-corrected chi connectivity index (χ0v) is 16.4.